The molecule has 3 heterocycles. The number of likely N-dealkylation sites (N-methyl/N-ethyl adjacent to an activating group) is 1. The van der Waals surface area contributed by atoms with Gasteiger partial charge >= 0.3 is 12.2 Å². The fraction of sp³-hybridized carbons (Fsp3) is 0.333. The molecule has 1 aliphatic heterocycles. The van der Waals surface area contributed by atoms with Crippen molar-refractivity contribution in [3.05, 3.63) is 65.0 Å². The summed E-state index contributed by atoms with van der Waals surface area (Å²) in [7, 11) is 3.52. The summed E-state index contributed by atoms with van der Waals surface area (Å²) in [5.41, 5.74) is 1.31. The molecular formula is C27H29F2N7O4. The van der Waals surface area contributed by atoms with Crippen molar-refractivity contribution in [2.24, 2.45) is 0 Å². The number of hydrogen-bond donors (Lipinski definition) is 1. The number of aromatic nitrogens is 3. The molecule has 13 heteroatoms. The third-order valence-corrected chi connectivity index (χ3v) is 6.87. The van der Waals surface area contributed by atoms with Crippen molar-refractivity contribution in [3.63, 3.8) is 0 Å². The summed E-state index contributed by atoms with van der Waals surface area (Å²) in [6.07, 6.45) is 2.83. The van der Waals surface area contributed by atoms with Gasteiger partial charge in [0.1, 0.15) is 12.4 Å². The van der Waals surface area contributed by atoms with E-state index in [4.69, 9.17) is 9.47 Å². The number of methoxy groups -OCH3 is 1. The third kappa shape index (κ3) is 5.80. The number of nitro groups is 1. The zero-order valence-corrected chi connectivity index (χ0v) is 22.1. The number of fused-ring (bicyclic) bond motifs is 1. The van der Waals surface area contributed by atoms with E-state index in [1.54, 1.807) is 30.3 Å². The van der Waals surface area contributed by atoms with Crippen LogP contribution >= 0.6 is 0 Å². The van der Waals surface area contributed by atoms with Crippen LogP contribution in [0.25, 0.3) is 22.2 Å². The molecule has 0 radical (unpaired) electrons. The predicted molar refractivity (Wildman–Crippen MR) is 147 cm³/mol. The van der Waals surface area contributed by atoms with Crippen molar-refractivity contribution in [1.29, 1.82) is 0 Å². The molecule has 1 saturated heterocycles. The van der Waals surface area contributed by atoms with Crippen molar-refractivity contribution >= 4 is 28.2 Å². The summed E-state index contributed by atoms with van der Waals surface area (Å²) >= 11 is 0. The van der Waals surface area contributed by atoms with Gasteiger partial charge in [0.2, 0.25) is 11.7 Å². The Kier molecular flexibility index (Phi) is 8.03. The van der Waals surface area contributed by atoms with Gasteiger partial charge in [0.15, 0.2) is 0 Å². The van der Waals surface area contributed by atoms with Gasteiger partial charge < -0.3 is 19.7 Å². The SMILES string of the molecule is COc1cc(OCCN2CCN(C)CC2)c([N+](=O)[O-])cc1Nc1nccc(-c2cn(C(F)F)c3ccccc23)n1. The summed E-state index contributed by atoms with van der Waals surface area (Å²) in [6.45, 7) is 1.97. The van der Waals surface area contributed by atoms with Gasteiger partial charge in [0.25, 0.3) is 0 Å². The molecule has 1 N–H and O–H groups in total. The molecule has 0 bridgehead atoms. The first-order valence-corrected chi connectivity index (χ1v) is 12.7. The minimum atomic E-state index is -2.72. The van der Waals surface area contributed by atoms with E-state index in [-0.39, 0.29) is 29.7 Å². The maximum atomic E-state index is 13.6. The Bertz CT molecular complexity index is 1510. The van der Waals surface area contributed by atoms with Crippen molar-refractivity contribution in [2.75, 3.05) is 58.8 Å². The van der Waals surface area contributed by atoms with Gasteiger partial charge in [0, 0.05) is 68.2 Å². The second-order valence-corrected chi connectivity index (χ2v) is 9.41. The van der Waals surface area contributed by atoms with E-state index in [9.17, 15) is 18.9 Å². The molecule has 1 aliphatic rings. The molecule has 2 aromatic heterocycles. The highest BCUT2D eigenvalue weighted by molar-refractivity contribution is 5.95. The zero-order valence-electron chi connectivity index (χ0n) is 22.1. The van der Waals surface area contributed by atoms with Gasteiger partial charge in [-0.2, -0.15) is 8.78 Å². The topological polar surface area (TPSA) is 111 Å². The number of rotatable bonds is 10. The zero-order chi connectivity index (χ0) is 28.2. The Labute approximate surface area is 229 Å². The second-order valence-electron chi connectivity index (χ2n) is 9.41. The summed E-state index contributed by atoms with van der Waals surface area (Å²) < 4.78 is 39.4. The maximum Gasteiger partial charge on any atom is 0.319 e. The number of nitro benzene ring substituents is 1. The van der Waals surface area contributed by atoms with Crippen LogP contribution in [0, 0.1) is 10.1 Å². The van der Waals surface area contributed by atoms with Crippen LogP contribution in [0.3, 0.4) is 0 Å². The number of nitrogens with zero attached hydrogens (tertiary/aromatic N) is 6. The Morgan fingerprint density at radius 3 is 2.62 bits per heavy atom. The lowest BCUT2D eigenvalue weighted by atomic mass is 10.1. The molecule has 210 valence electrons. The van der Waals surface area contributed by atoms with E-state index in [1.807, 2.05) is 0 Å². The van der Waals surface area contributed by atoms with Gasteiger partial charge in [0.05, 0.1) is 28.9 Å². The summed E-state index contributed by atoms with van der Waals surface area (Å²) in [6, 6.07) is 11.2. The highest BCUT2D eigenvalue weighted by Gasteiger charge is 2.22. The smallest absolute Gasteiger partial charge is 0.319 e. The molecule has 11 nitrogen and oxygen atoms in total. The molecule has 2 aromatic carbocycles. The number of benzene rings is 2. The summed E-state index contributed by atoms with van der Waals surface area (Å²) in [5, 5.41) is 15.5. The maximum absolute atomic E-state index is 13.6. The van der Waals surface area contributed by atoms with Crippen LogP contribution in [0.15, 0.2) is 54.9 Å². The van der Waals surface area contributed by atoms with Crippen molar-refractivity contribution < 1.29 is 23.2 Å². The molecule has 5 rings (SSSR count). The van der Waals surface area contributed by atoms with Crippen LogP contribution in [0.2, 0.25) is 0 Å². The van der Waals surface area contributed by atoms with Gasteiger partial charge in [-0.3, -0.25) is 19.6 Å². The average Bonchev–Trinajstić information content (AvgIpc) is 3.35. The van der Waals surface area contributed by atoms with Gasteiger partial charge in [-0.1, -0.05) is 18.2 Å². The highest BCUT2D eigenvalue weighted by atomic mass is 19.3. The van der Waals surface area contributed by atoms with Crippen molar-refractivity contribution in [2.45, 2.75) is 6.55 Å². The molecule has 1 fully saturated rings. The van der Waals surface area contributed by atoms with E-state index in [0.717, 1.165) is 30.7 Å². The van der Waals surface area contributed by atoms with Crippen LogP contribution < -0.4 is 14.8 Å². The normalized spacial score (nSPS) is 14.5. The van der Waals surface area contributed by atoms with Crippen LogP contribution in [0.1, 0.15) is 6.55 Å². The van der Waals surface area contributed by atoms with E-state index in [0.29, 0.717) is 34.5 Å². The third-order valence-electron chi connectivity index (χ3n) is 6.87. The molecule has 0 atom stereocenters. The van der Waals surface area contributed by atoms with E-state index < -0.39 is 11.5 Å². The Balaban J connectivity index is 1.39. The van der Waals surface area contributed by atoms with Crippen molar-refractivity contribution in [3.8, 4) is 22.8 Å². The summed E-state index contributed by atoms with van der Waals surface area (Å²) in [4.78, 5) is 24.6. The standard InChI is InChI=1S/C27H29F2N7O4/c1-33-9-11-34(12-10-33)13-14-40-25-16-24(39-2)21(15-23(25)36(37)38)32-27-30-8-7-20(31-27)19-17-35(26(28)29)22-6-4-3-5-18(19)22/h3-8,15-17,26H,9-14H2,1-2H3,(H,30,31,32). The molecule has 40 heavy (non-hydrogen) atoms. The Morgan fingerprint density at radius 1 is 1.12 bits per heavy atom. The van der Waals surface area contributed by atoms with Crippen LogP contribution in [0.5, 0.6) is 11.5 Å². The largest absolute Gasteiger partial charge is 0.494 e. The molecule has 0 aliphatic carbocycles. The average molecular weight is 554 g/mol. The number of ether oxygens (including phenoxy) is 2. The number of nitrogens with one attached hydrogen (secondary N) is 1. The Hall–Kier alpha value is -4.36. The quantitative estimate of drug-likeness (QED) is 0.219. The lowest BCUT2D eigenvalue weighted by Crippen LogP contribution is -2.45. The molecule has 4 aromatic rings. The van der Waals surface area contributed by atoms with Crippen LogP contribution in [-0.4, -0.2) is 82.7 Å². The first-order valence-electron chi connectivity index (χ1n) is 12.7. The minimum Gasteiger partial charge on any atom is -0.494 e. The molecular weight excluding hydrogens is 524 g/mol. The molecule has 0 saturated carbocycles. The lowest BCUT2D eigenvalue weighted by Gasteiger charge is -2.32. The fourth-order valence-corrected chi connectivity index (χ4v) is 4.69. The molecule has 0 amide bonds. The first kappa shape index (κ1) is 27.2. The molecule has 0 spiro atoms. The van der Waals surface area contributed by atoms with Crippen molar-refractivity contribution in [1.82, 2.24) is 24.3 Å². The van der Waals surface area contributed by atoms with Crippen LogP contribution in [-0.2, 0) is 0 Å². The highest BCUT2D eigenvalue weighted by Crippen LogP contribution is 2.39. The number of para-hydroxylation sites is 1. The second kappa shape index (κ2) is 11.8. The number of piperazine rings is 1. The number of hydrogen-bond acceptors (Lipinski definition) is 9. The number of anilines is 2. The summed E-state index contributed by atoms with van der Waals surface area (Å²) in [5.74, 6) is 0.502. The van der Waals surface area contributed by atoms with Gasteiger partial charge in [-0.05, 0) is 19.2 Å². The fourth-order valence-electron chi connectivity index (χ4n) is 4.69. The number of halogens is 2. The van der Waals surface area contributed by atoms with E-state index >= 15 is 0 Å². The van der Waals surface area contributed by atoms with E-state index in [2.05, 4.69) is 32.1 Å². The molecule has 0 unspecified atom stereocenters. The van der Waals surface area contributed by atoms with Crippen LogP contribution in [0.4, 0.5) is 26.1 Å². The number of alkyl halides is 2. The van der Waals surface area contributed by atoms with Gasteiger partial charge in [-0.25, -0.2) is 9.97 Å². The van der Waals surface area contributed by atoms with Gasteiger partial charge in [-0.15, -0.1) is 0 Å². The predicted octanol–water partition coefficient (Wildman–Crippen LogP) is 4.78. The Morgan fingerprint density at radius 2 is 1.90 bits per heavy atom. The lowest BCUT2D eigenvalue weighted by molar-refractivity contribution is -0.385. The van der Waals surface area contributed by atoms with E-state index in [1.165, 1.54) is 31.6 Å². The first-order chi connectivity index (χ1) is 19.3. The monoisotopic (exact) mass is 553 g/mol. The minimum absolute atomic E-state index is 0.0935.